The van der Waals surface area contributed by atoms with Crippen molar-refractivity contribution in [1.29, 1.82) is 0 Å². The summed E-state index contributed by atoms with van der Waals surface area (Å²) < 4.78 is 14.8. The van der Waals surface area contributed by atoms with Crippen LogP contribution < -0.4 is 10.2 Å². The van der Waals surface area contributed by atoms with Gasteiger partial charge in [-0.3, -0.25) is 9.69 Å². The minimum atomic E-state index is -0.374. The number of hydrogen-bond acceptors (Lipinski definition) is 7. The van der Waals surface area contributed by atoms with Crippen LogP contribution in [-0.4, -0.2) is 68.5 Å². The number of rotatable bonds is 4. The summed E-state index contributed by atoms with van der Waals surface area (Å²) >= 11 is 0. The van der Waals surface area contributed by atoms with Crippen molar-refractivity contribution in [2.45, 2.75) is 0 Å². The van der Waals surface area contributed by atoms with Gasteiger partial charge in [0.15, 0.2) is 17.0 Å². The predicted octanol–water partition coefficient (Wildman–Crippen LogP) is 0.658. The molecule has 4 rings (SSSR count). The summed E-state index contributed by atoms with van der Waals surface area (Å²) in [7, 11) is 1.79. The second kappa shape index (κ2) is 7.23. The van der Waals surface area contributed by atoms with E-state index in [1.54, 1.807) is 23.9 Å². The van der Waals surface area contributed by atoms with Crippen molar-refractivity contribution < 1.29 is 9.18 Å². The van der Waals surface area contributed by atoms with Crippen molar-refractivity contribution >= 4 is 28.6 Å². The highest BCUT2D eigenvalue weighted by atomic mass is 19.1. The van der Waals surface area contributed by atoms with Crippen molar-refractivity contribution in [3.05, 3.63) is 36.4 Å². The summed E-state index contributed by atoms with van der Waals surface area (Å²) in [5, 5.41) is 10.9. The Morgan fingerprint density at radius 2 is 2.04 bits per heavy atom. The lowest BCUT2D eigenvalue weighted by Gasteiger charge is -2.34. The number of aromatic nitrogens is 5. The maximum Gasteiger partial charge on any atom is 0.238 e. The smallest absolute Gasteiger partial charge is 0.238 e. The second-order valence-electron chi connectivity index (χ2n) is 6.40. The number of carbonyl (C=O) groups excluding carboxylic acids is 1. The van der Waals surface area contributed by atoms with E-state index in [4.69, 9.17) is 0 Å². The normalized spacial score (nSPS) is 15.3. The van der Waals surface area contributed by atoms with Crippen LogP contribution in [0.5, 0.6) is 0 Å². The third kappa shape index (κ3) is 3.70. The summed E-state index contributed by atoms with van der Waals surface area (Å²) in [4.78, 5) is 24.9. The number of halogens is 1. The molecule has 27 heavy (non-hydrogen) atoms. The molecule has 1 aromatic carbocycles. The molecule has 3 heterocycles. The molecule has 1 aliphatic rings. The number of fused-ring (bicyclic) bond motifs is 1. The Kier molecular flexibility index (Phi) is 4.63. The molecule has 1 amide bonds. The first-order valence-corrected chi connectivity index (χ1v) is 8.63. The quantitative estimate of drug-likeness (QED) is 0.721. The van der Waals surface area contributed by atoms with Crippen LogP contribution in [-0.2, 0) is 11.8 Å². The third-order valence-electron chi connectivity index (χ3n) is 4.52. The standard InChI is InChI=1S/C17H19FN8O/c1-24-16-15(22-23-24)17(20-11-19-16)26-7-5-25(6-8-26)10-14(27)21-13-4-2-3-12(18)9-13/h2-4,9,11H,5-8,10H2,1H3,(H,21,27). The molecule has 0 bridgehead atoms. The lowest BCUT2D eigenvalue weighted by Crippen LogP contribution is -2.49. The average molecular weight is 370 g/mol. The van der Waals surface area contributed by atoms with Crippen LogP contribution in [0.4, 0.5) is 15.9 Å². The summed E-state index contributed by atoms with van der Waals surface area (Å²) in [6.45, 7) is 3.12. The van der Waals surface area contributed by atoms with E-state index in [9.17, 15) is 9.18 Å². The number of piperazine rings is 1. The number of anilines is 2. The average Bonchev–Trinajstić information content (AvgIpc) is 3.04. The monoisotopic (exact) mass is 370 g/mol. The van der Waals surface area contributed by atoms with Crippen molar-refractivity contribution in [2.24, 2.45) is 7.05 Å². The molecule has 10 heteroatoms. The van der Waals surface area contributed by atoms with Crippen LogP contribution in [0.2, 0.25) is 0 Å². The molecule has 1 N–H and O–H groups in total. The third-order valence-corrected chi connectivity index (χ3v) is 4.52. The number of benzene rings is 1. The maximum atomic E-state index is 13.2. The van der Waals surface area contributed by atoms with Gasteiger partial charge in [-0.2, -0.15) is 0 Å². The second-order valence-corrected chi connectivity index (χ2v) is 6.40. The van der Waals surface area contributed by atoms with Crippen molar-refractivity contribution in [2.75, 3.05) is 42.9 Å². The Bertz CT molecular complexity index is 966. The molecule has 3 aromatic rings. The summed E-state index contributed by atoms with van der Waals surface area (Å²) in [6, 6.07) is 5.88. The van der Waals surface area contributed by atoms with Gasteiger partial charge in [0.25, 0.3) is 0 Å². The molecule has 1 fully saturated rings. The van der Waals surface area contributed by atoms with Gasteiger partial charge < -0.3 is 10.2 Å². The molecule has 140 valence electrons. The van der Waals surface area contributed by atoms with Crippen LogP contribution in [0.15, 0.2) is 30.6 Å². The van der Waals surface area contributed by atoms with Gasteiger partial charge in [0.2, 0.25) is 5.91 Å². The Labute approximate surface area is 154 Å². The zero-order valence-corrected chi connectivity index (χ0v) is 14.8. The Morgan fingerprint density at radius 1 is 1.22 bits per heavy atom. The Hall–Kier alpha value is -3.14. The van der Waals surface area contributed by atoms with Gasteiger partial charge in [0.05, 0.1) is 6.54 Å². The summed E-state index contributed by atoms with van der Waals surface area (Å²) in [5.74, 6) is 0.228. The molecule has 0 aliphatic carbocycles. The predicted molar refractivity (Wildman–Crippen MR) is 97.8 cm³/mol. The number of nitrogens with zero attached hydrogens (tertiary/aromatic N) is 7. The number of nitrogens with one attached hydrogen (secondary N) is 1. The Balaban J connectivity index is 1.35. The SMILES string of the molecule is Cn1nnc2c(N3CCN(CC(=O)Nc4cccc(F)c4)CC3)ncnc21. The minimum absolute atomic E-state index is 0.160. The lowest BCUT2D eigenvalue weighted by atomic mass is 10.3. The summed E-state index contributed by atoms with van der Waals surface area (Å²) in [5.41, 5.74) is 1.83. The molecule has 0 atom stereocenters. The van der Waals surface area contributed by atoms with Gasteiger partial charge in [-0.15, -0.1) is 5.10 Å². The lowest BCUT2D eigenvalue weighted by molar-refractivity contribution is -0.117. The topological polar surface area (TPSA) is 92.1 Å². The molecule has 9 nitrogen and oxygen atoms in total. The van der Waals surface area contributed by atoms with Gasteiger partial charge >= 0.3 is 0 Å². The van der Waals surface area contributed by atoms with Crippen LogP contribution in [0.25, 0.3) is 11.2 Å². The zero-order valence-electron chi connectivity index (χ0n) is 14.8. The van der Waals surface area contributed by atoms with Gasteiger partial charge in [-0.05, 0) is 18.2 Å². The van der Waals surface area contributed by atoms with Gasteiger partial charge in [-0.25, -0.2) is 19.0 Å². The fourth-order valence-electron chi connectivity index (χ4n) is 3.16. The van der Waals surface area contributed by atoms with Crippen LogP contribution in [0, 0.1) is 5.82 Å². The zero-order chi connectivity index (χ0) is 18.8. The van der Waals surface area contributed by atoms with Gasteiger partial charge in [0.1, 0.15) is 12.1 Å². The highest BCUT2D eigenvalue weighted by Gasteiger charge is 2.23. The molecular weight excluding hydrogens is 351 g/mol. The fourth-order valence-corrected chi connectivity index (χ4v) is 3.16. The van der Waals surface area contributed by atoms with Gasteiger partial charge in [-0.1, -0.05) is 11.3 Å². The van der Waals surface area contributed by atoms with E-state index in [-0.39, 0.29) is 18.3 Å². The molecular formula is C17H19FN8O. The van der Waals surface area contributed by atoms with E-state index in [1.165, 1.54) is 18.5 Å². The molecule has 0 radical (unpaired) electrons. The van der Waals surface area contributed by atoms with Crippen molar-refractivity contribution in [1.82, 2.24) is 29.9 Å². The van der Waals surface area contributed by atoms with Crippen molar-refractivity contribution in [3.8, 4) is 0 Å². The number of carbonyl (C=O) groups is 1. The van der Waals surface area contributed by atoms with Gasteiger partial charge in [0, 0.05) is 38.9 Å². The largest absolute Gasteiger partial charge is 0.352 e. The molecule has 0 spiro atoms. The van der Waals surface area contributed by atoms with E-state index in [0.717, 1.165) is 18.9 Å². The number of amides is 1. The molecule has 0 unspecified atom stereocenters. The van der Waals surface area contributed by atoms with E-state index >= 15 is 0 Å². The highest BCUT2D eigenvalue weighted by Crippen LogP contribution is 2.21. The van der Waals surface area contributed by atoms with Crippen LogP contribution >= 0.6 is 0 Å². The van der Waals surface area contributed by atoms with Crippen LogP contribution in [0.1, 0.15) is 0 Å². The first-order valence-electron chi connectivity index (χ1n) is 8.63. The first kappa shape index (κ1) is 17.3. The van der Waals surface area contributed by atoms with E-state index in [2.05, 4.69) is 35.4 Å². The van der Waals surface area contributed by atoms with E-state index in [0.29, 0.717) is 29.9 Å². The van der Waals surface area contributed by atoms with E-state index in [1.807, 2.05) is 0 Å². The maximum absolute atomic E-state index is 13.2. The van der Waals surface area contributed by atoms with E-state index < -0.39 is 0 Å². The van der Waals surface area contributed by atoms with Crippen LogP contribution in [0.3, 0.4) is 0 Å². The minimum Gasteiger partial charge on any atom is -0.352 e. The molecule has 1 aliphatic heterocycles. The summed E-state index contributed by atoms with van der Waals surface area (Å²) in [6.07, 6.45) is 1.51. The fraction of sp³-hybridized carbons (Fsp3) is 0.353. The molecule has 2 aromatic heterocycles. The highest BCUT2D eigenvalue weighted by molar-refractivity contribution is 5.92. The first-order chi connectivity index (χ1) is 13.1. The Morgan fingerprint density at radius 3 is 2.81 bits per heavy atom. The number of aryl methyl sites for hydroxylation is 1. The van der Waals surface area contributed by atoms with Crippen molar-refractivity contribution in [3.63, 3.8) is 0 Å². The molecule has 0 saturated carbocycles. The molecule has 1 saturated heterocycles. The number of hydrogen-bond donors (Lipinski definition) is 1.